The van der Waals surface area contributed by atoms with E-state index in [4.69, 9.17) is 5.73 Å². The zero-order valence-electron chi connectivity index (χ0n) is 18.8. The van der Waals surface area contributed by atoms with Crippen molar-refractivity contribution < 1.29 is 14.0 Å². The molecule has 1 aliphatic heterocycles. The van der Waals surface area contributed by atoms with Crippen molar-refractivity contribution >= 4 is 23.2 Å². The van der Waals surface area contributed by atoms with Crippen molar-refractivity contribution in [1.29, 1.82) is 0 Å². The summed E-state index contributed by atoms with van der Waals surface area (Å²) in [6.07, 6.45) is 0. The molecular formula is C25H23FN6O2S. The standard InChI is InChI=1S/C25H23FN6O2S/c26-19-7-9-20(10-8-19)32-24(21-2-1-15-35-21)28-23(29-32)25(34)31-13-11-30(12-14-31)16-17-3-5-18(6-4-17)22(27)33/h1-10,15H,11-14,16H2,(H2,27,33). The predicted octanol–water partition coefficient (Wildman–Crippen LogP) is 3.19. The van der Waals surface area contributed by atoms with Crippen molar-refractivity contribution in [3.63, 3.8) is 0 Å². The van der Waals surface area contributed by atoms with Gasteiger partial charge in [-0.3, -0.25) is 14.5 Å². The molecule has 0 aliphatic carbocycles. The van der Waals surface area contributed by atoms with Crippen LogP contribution in [0.3, 0.4) is 0 Å². The minimum atomic E-state index is -0.443. The Kier molecular flexibility index (Phi) is 6.39. The van der Waals surface area contributed by atoms with E-state index in [2.05, 4.69) is 15.0 Å². The lowest BCUT2D eigenvalue weighted by atomic mass is 10.1. The van der Waals surface area contributed by atoms with Gasteiger partial charge >= 0.3 is 0 Å². The normalized spacial score (nSPS) is 14.3. The van der Waals surface area contributed by atoms with Gasteiger partial charge in [0.2, 0.25) is 11.7 Å². The topological polar surface area (TPSA) is 97.4 Å². The molecule has 2 amide bonds. The number of thiophene rings is 1. The third-order valence-electron chi connectivity index (χ3n) is 5.92. The van der Waals surface area contributed by atoms with Crippen LogP contribution in [0.2, 0.25) is 0 Å². The number of primary amides is 1. The maximum absolute atomic E-state index is 13.4. The highest BCUT2D eigenvalue weighted by atomic mass is 32.1. The van der Waals surface area contributed by atoms with Crippen LogP contribution in [-0.4, -0.2) is 62.6 Å². The van der Waals surface area contributed by atoms with Gasteiger partial charge in [-0.2, -0.15) is 0 Å². The number of benzene rings is 2. The fourth-order valence-corrected chi connectivity index (χ4v) is 4.71. The van der Waals surface area contributed by atoms with Gasteiger partial charge < -0.3 is 10.6 Å². The average Bonchev–Trinajstić information content (AvgIpc) is 3.55. The number of hydrogen-bond acceptors (Lipinski definition) is 6. The Morgan fingerprint density at radius 3 is 2.31 bits per heavy atom. The SMILES string of the molecule is NC(=O)c1ccc(CN2CCN(C(=O)c3nc(-c4cccs4)n(-c4ccc(F)cc4)n3)CC2)cc1. The minimum absolute atomic E-state index is 0.119. The molecule has 0 spiro atoms. The number of carbonyl (C=O) groups is 2. The molecule has 0 radical (unpaired) electrons. The van der Waals surface area contributed by atoms with Crippen LogP contribution in [0, 0.1) is 5.82 Å². The Morgan fingerprint density at radius 1 is 0.971 bits per heavy atom. The molecule has 4 aromatic rings. The van der Waals surface area contributed by atoms with Gasteiger partial charge in [0, 0.05) is 38.3 Å². The first-order valence-corrected chi connectivity index (χ1v) is 12.0. The molecular weight excluding hydrogens is 467 g/mol. The molecule has 0 atom stereocenters. The number of rotatable bonds is 6. The van der Waals surface area contributed by atoms with Gasteiger partial charge in [0.25, 0.3) is 5.91 Å². The molecule has 178 valence electrons. The number of amides is 2. The number of piperazine rings is 1. The summed E-state index contributed by atoms with van der Waals surface area (Å²) in [6, 6.07) is 17.0. The number of nitrogens with two attached hydrogens (primary N) is 1. The quantitative estimate of drug-likeness (QED) is 0.448. The van der Waals surface area contributed by atoms with E-state index in [1.807, 2.05) is 29.6 Å². The van der Waals surface area contributed by atoms with E-state index in [1.165, 1.54) is 23.5 Å². The third kappa shape index (κ3) is 4.98. The van der Waals surface area contributed by atoms with Crippen molar-refractivity contribution in [2.45, 2.75) is 6.54 Å². The number of aromatic nitrogens is 3. The van der Waals surface area contributed by atoms with Crippen molar-refractivity contribution in [2.75, 3.05) is 26.2 Å². The van der Waals surface area contributed by atoms with Crippen LogP contribution in [0.4, 0.5) is 4.39 Å². The number of hydrogen-bond donors (Lipinski definition) is 1. The van der Waals surface area contributed by atoms with Crippen molar-refractivity contribution in [2.24, 2.45) is 5.73 Å². The Labute approximate surface area is 205 Å². The smallest absolute Gasteiger partial charge is 0.293 e. The van der Waals surface area contributed by atoms with Gasteiger partial charge in [-0.15, -0.1) is 16.4 Å². The van der Waals surface area contributed by atoms with E-state index < -0.39 is 5.91 Å². The molecule has 8 nitrogen and oxygen atoms in total. The van der Waals surface area contributed by atoms with Gasteiger partial charge in [0.05, 0.1) is 10.6 Å². The Morgan fingerprint density at radius 2 is 1.69 bits per heavy atom. The van der Waals surface area contributed by atoms with Crippen LogP contribution in [0.15, 0.2) is 66.0 Å². The molecule has 3 heterocycles. The molecule has 10 heteroatoms. The number of nitrogens with zero attached hydrogens (tertiary/aromatic N) is 5. The van der Waals surface area contributed by atoms with E-state index in [0.29, 0.717) is 43.3 Å². The maximum Gasteiger partial charge on any atom is 0.293 e. The highest BCUT2D eigenvalue weighted by Gasteiger charge is 2.27. The van der Waals surface area contributed by atoms with E-state index >= 15 is 0 Å². The highest BCUT2D eigenvalue weighted by molar-refractivity contribution is 7.13. The number of halogens is 1. The molecule has 0 saturated carbocycles. The molecule has 1 fully saturated rings. The first-order chi connectivity index (χ1) is 17.0. The fraction of sp³-hybridized carbons (Fsp3) is 0.200. The Hall–Kier alpha value is -3.89. The lowest BCUT2D eigenvalue weighted by Crippen LogP contribution is -2.48. The van der Waals surface area contributed by atoms with E-state index in [1.54, 1.807) is 33.8 Å². The third-order valence-corrected chi connectivity index (χ3v) is 6.78. The van der Waals surface area contributed by atoms with Gasteiger partial charge in [0.15, 0.2) is 5.82 Å². The maximum atomic E-state index is 13.4. The summed E-state index contributed by atoms with van der Waals surface area (Å²) < 4.78 is 15.0. The van der Waals surface area contributed by atoms with E-state index in [9.17, 15) is 14.0 Å². The van der Waals surface area contributed by atoms with Gasteiger partial charge in [-0.05, 0) is 53.4 Å². The van der Waals surface area contributed by atoms with Crippen molar-refractivity contribution in [1.82, 2.24) is 24.6 Å². The average molecular weight is 491 g/mol. The summed E-state index contributed by atoms with van der Waals surface area (Å²) in [7, 11) is 0. The molecule has 1 aliphatic rings. The lowest BCUT2D eigenvalue weighted by molar-refractivity contribution is 0.0616. The summed E-state index contributed by atoms with van der Waals surface area (Å²) in [6.45, 7) is 3.25. The highest BCUT2D eigenvalue weighted by Crippen LogP contribution is 2.26. The second-order valence-corrected chi connectivity index (χ2v) is 9.20. The predicted molar refractivity (Wildman–Crippen MR) is 131 cm³/mol. The van der Waals surface area contributed by atoms with Crippen LogP contribution in [0.1, 0.15) is 26.5 Å². The molecule has 2 N–H and O–H groups in total. The minimum Gasteiger partial charge on any atom is -0.366 e. The summed E-state index contributed by atoms with van der Waals surface area (Å²) in [5.74, 6) is -0.346. The van der Waals surface area contributed by atoms with E-state index in [0.717, 1.165) is 17.0 Å². The van der Waals surface area contributed by atoms with Crippen LogP contribution >= 0.6 is 11.3 Å². The van der Waals surface area contributed by atoms with Crippen LogP contribution in [0.25, 0.3) is 16.4 Å². The molecule has 1 saturated heterocycles. The monoisotopic (exact) mass is 490 g/mol. The summed E-state index contributed by atoms with van der Waals surface area (Å²) in [5.41, 5.74) is 7.50. The van der Waals surface area contributed by atoms with Crippen molar-refractivity contribution in [3.05, 3.63) is 88.8 Å². The zero-order valence-corrected chi connectivity index (χ0v) is 19.6. The largest absolute Gasteiger partial charge is 0.366 e. The molecule has 0 bridgehead atoms. The summed E-state index contributed by atoms with van der Waals surface area (Å²) >= 11 is 1.50. The summed E-state index contributed by atoms with van der Waals surface area (Å²) in [5, 5.41) is 6.43. The zero-order chi connectivity index (χ0) is 24.4. The fourth-order valence-electron chi connectivity index (χ4n) is 4.01. The van der Waals surface area contributed by atoms with Crippen molar-refractivity contribution in [3.8, 4) is 16.4 Å². The van der Waals surface area contributed by atoms with Crippen LogP contribution in [-0.2, 0) is 6.54 Å². The first kappa shape index (κ1) is 22.9. The van der Waals surface area contributed by atoms with Gasteiger partial charge in [-0.25, -0.2) is 14.1 Å². The second-order valence-electron chi connectivity index (χ2n) is 8.25. The molecule has 2 aromatic heterocycles. The lowest BCUT2D eigenvalue weighted by Gasteiger charge is -2.34. The first-order valence-electron chi connectivity index (χ1n) is 11.2. The van der Waals surface area contributed by atoms with Crippen LogP contribution in [0.5, 0.6) is 0 Å². The van der Waals surface area contributed by atoms with Gasteiger partial charge in [-0.1, -0.05) is 18.2 Å². The Bertz CT molecular complexity index is 1330. The molecule has 35 heavy (non-hydrogen) atoms. The number of carbonyl (C=O) groups excluding carboxylic acids is 2. The Balaban J connectivity index is 1.29. The second kappa shape index (κ2) is 9.77. The molecule has 5 rings (SSSR count). The molecule has 0 unspecified atom stereocenters. The molecule has 2 aromatic carbocycles. The van der Waals surface area contributed by atoms with Gasteiger partial charge in [0.1, 0.15) is 5.82 Å². The summed E-state index contributed by atoms with van der Waals surface area (Å²) in [4.78, 5) is 34.0. The van der Waals surface area contributed by atoms with Crippen LogP contribution < -0.4 is 5.73 Å². The van der Waals surface area contributed by atoms with E-state index in [-0.39, 0.29) is 17.5 Å².